The van der Waals surface area contributed by atoms with Crippen molar-refractivity contribution in [2.24, 2.45) is 0 Å². The van der Waals surface area contributed by atoms with Gasteiger partial charge >= 0.3 is 0 Å². The highest BCUT2D eigenvalue weighted by atomic mass is 35.5. The van der Waals surface area contributed by atoms with Crippen LogP contribution in [-0.2, 0) is 10.0 Å². The molecule has 0 unspecified atom stereocenters. The number of carbonyl (C=O) groups is 1. The molecule has 1 fully saturated rings. The Morgan fingerprint density at radius 3 is 2.57 bits per heavy atom. The first kappa shape index (κ1) is 21.1. The molecule has 0 bridgehead atoms. The standard InChI is InChI=1S/C21H21ClN2O4S2/c1-28-16-10-9-14(13-18(16)30(26,27)24-11-5-2-6-12-24)23-21(25)20-19(22)15-7-3-4-8-17(15)29-20/h3-4,7-10,13H,2,5-6,11-12H2,1H3,(H,23,25). The molecule has 2 heterocycles. The highest BCUT2D eigenvalue weighted by Crippen LogP contribution is 2.36. The van der Waals surface area contributed by atoms with Crippen LogP contribution in [-0.4, -0.2) is 38.8 Å². The van der Waals surface area contributed by atoms with Crippen LogP contribution in [0.25, 0.3) is 10.1 Å². The van der Waals surface area contributed by atoms with Crippen molar-refractivity contribution in [2.45, 2.75) is 24.2 Å². The minimum atomic E-state index is -3.72. The molecule has 1 aliphatic heterocycles. The van der Waals surface area contributed by atoms with Crippen molar-refractivity contribution in [3.05, 3.63) is 52.4 Å². The number of benzene rings is 2. The van der Waals surface area contributed by atoms with E-state index in [9.17, 15) is 13.2 Å². The predicted octanol–water partition coefficient (Wildman–Crippen LogP) is 4.99. The number of methoxy groups -OCH3 is 1. The fourth-order valence-corrected chi connectivity index (χ4v) is 6.66. The second kappa shape index (κ2) is 8.55. The van der Waals surface area contributed by atoms with Crippen LogP contribution in [0.3, 0.4) is 0 Å². The molecule has 1 aromatic heterocycles. The van der Waals surface area contributed by atoms with Gasteiger partial charge in [-0.25, -0.2) is 8.42 Å². The summed E-state index contributed by atoms with van der Waals surface area (Å²) in [6.07, 6.45) is 2.69. The number of thiophene rings is 1. The number of amides is 1. The van der Waals surface area contributed by atoms with Crippen molar-refractivity contribution >= 4 is 54.6 Å². The van der Waals surface area contributed by atoms with E-state index in [0.29, 0.717) is 28.7 Å². The number of anilines is 1. The lowest BCUT2D eigenvalue weighted by Gasteiger charge is -2.26. The summed E-state index contributed by atoms with van der Waals surface area (Å²) in [7, 11) is -2.29. The third-order valence-corrected chi connectivity index (χ3v) is 8.69. The average Bonchev–Trinajstić information content (AvgIpc) is 3.11. The molecule has 9 heteroatoms. The van der Waals surface area contributed by atoms with E-state index in [1.165, 1.54) is 28.8 Å². The molecular weight excluding hydrogens is 444 g/mol. The number of halogens is 1. The maximum absolute atomic E-state index is 13.2. The molecule has 1 aliphatic rings. The summed E-state index contributed by atoms with van der Waals surface area (Å²) in [6.45, 7) is 0.971. The van der Waals surface area contributed by atoms with Gasteiger partial charge in [0.1, 0.15) is 15.5 Å². The van der Waals surface area contributed by atoms with Gasteiger partial charge in [0.05, 0.1) is 12.1 Å². The molecule has 3 aromatic rings. The summed E-state index contributed by atoms with van der Waals surface area (Å²) < 4.78 is 34.0. The lowest BCUT2D eigenvalue weighted by atomic mass is 10.2. The maximum Gasteiger partial charge on any atom is 0.267 e. The minimum absolute atomic E-state index is 0.0483. The van der Waals surface area contributed by atoms with Gasteiger partial charge in [0, 0.05) is 28.9 Å². The summed E-state index contributed by atoms with van der Waals surface area (Å²) in [4.78, 5) is 13.3. The van der Waals surface area contributed by atoms with Crippen molar-refractivity contribution in [2.75, 3.05) is 25.5 Å². The summed E-state index contributed by atoms with van der Waals surface area (Å²) in [5.41, 5.74) is 0.366. The summed E-state index contributed by atoms with van der Waals surface area (Å²) in [6, 6.07) is 12.1. The Hall–Kier alpha value is -2.13. The van der Waals surface area contributed by atoms with Crippen LogP contribution < -0.4 is 10.1 Å². The van der Waals surface area contributed by atoms with E-state index in [2.05, 4.69) is 5.32 Å². The van der Waals surface area contributed by atoms with Gasteiger partial charge < -0.3 is 10.1 Å². The number of nitrogens with one attached hydrogen (secondary N) is 1. The van der Waals surface area contributed by atoms with E-state index in [1.807, 2.05) is 24.3 Å². The van der Waals surface area contributed by atoms with Gasteiger partial charge in [-0.05, 0) is 37.1 Å². The van der Waals surface area contributed by atoms with Crippen LogP contribution in [0.5, 0.6) is 5.75 Å². The maximum atomic E-state index is 13.2. The second-order valence-electron chi connectivity index (χ2n) is 7.03. The summed E-state index contributed by atoms with van der Waals surface area (Å²) in [5.74, 6) is -0.133. The number of hydrogen-bond acceptors (Lipinski definition) is 5. The largest absolute Gasteiger partial charge is 0.495 e. The number of carbonyl (C=O) groups excluding carboxylic acids is 1. The molecule has 30 heavy (non-hydrogen) atoms. The van der Waals surface area contributed by atoms with E-state index in [-0.39, 0.29) is 16.6 Å². The molecule has 2 aromatic carbocycles. The van der Waals surface area contributed by atoms with Crippen molar-refractivity contribution in [1.82, 2.24) is 4.31 Å². The van der Waals surface area contributed by atoms with E-state index < -0.39 is 10.0 Å². The van der Waals surface area contributed by atoms with Crippen LogP contribution >= 0.6 is 22.9 Å². The summed E-state index contributed by atoms with van der Waals surface area (Å²) >= 11 is 7.69. The Balaban J connectivity index is 1.65. The molecule has 0 atom stereocenters. The number of piperidine rings is 1. The van der Waals surface area contributed by atoms with Gasteiger partial charge in [0.15, 0.2) is 0 Å². The topological polar surface area (TPSA) is 75.7 Å². The molecule has 1 saturated heterocycles. The molecule has 1 N–H and O–H groups in total. The summed E-state index contributed by atoms with van der Waals surface area (Å²) in [5, 5.41) is 3.98. The number of hydrogen-bond donors (Lipinski definition) is 1. The zero-order valence-electron chi connectivity index (χ0n) is 16.4. The highest BCUT2D eigenvalue weighted by molar-refractivity contribution is 7.89. The molecule has 0 saturated carbocycles. The van der Waals surface area contributed by atoms with E-state index in [1.54, 1.807) is 12.1 Å². The molecular formula is C21H21ClN2O4S2. The van der Waals surface area contributed by atoms with Gasteiger partial charge in [-0.2, -0.15) is 4.31 Å². The molecule has 0 aliphatic carbocycles. The lowest BCUT2D eigenvalue weighted by molar-refractivity contribution is 0.103. The average molecular weight is 465 g/mol. The van der Waals surface area contributed by atoms with Crippen LogP contribution in [0.15, 0.2) is 47.4 Å². The number of nitrogens with zero attached hydrogens (tertiary/aromatic N) is 1. The Kier molecular flexibility index (Phi) is 6.02. The van der Waals surface area contributed by atoms with Crippen LogP contribution in [0, 0.1) is 0 Å². The molecule has 0 radical (unpaired) electrons. The van der Waals surface area contributed by atoms with Crippen molar-refractivity contribution in [1.29, 1.82) is 0 Å². The number of sulfonamides is 1. The number of ether oxygens (including phenoxy) is 1. The monoisotopic (exact) mass is 464 g/mol. The van der Waals surface area contributed by atoms with Crippen molar-refractivity contribution in [3.63, 3.8) is 0 Å². The fourth-order valence-electron chi connectivity index (χ4n) is 3.55. The van der Waals surface area contributed by atoms with Gasteiger partial charge in [-0.15, -0.1) is 11.3 Å². The van der Waals surface area contributed by atoms with E-state index in [4.69, 9.17) is 16.3 Å². The van der Waals surface area contributed by atoms with E-state index in [0.717, 1.165) is 29.3 Å². The Morgan fingerprint density at radius 2 is 1.87 bits per heavy atom. The minimum Gasteiger partial charge on any atom is -0.495 e. The van der Waals surface area contributed by atoms with Gasteiger partial charge in [-0.3, -0.25) is 4.79 Å². The van der Waals surface area contributed by atoms with E-state index >= 15 is 0 Å². The van der Waals surface area contributed by atoms with Crippen LogP contribution in [0.2, 0.25) is 5.02 Å². The predicted molar refractivity (Wildman–Crippen MR) is 120 cm³/mol. The Bertz CT molecular complexity index is 1200. The fraction of sp³-hybridized carbons (Fsp3) is 0.286. The SMILES string of the molecule is COc1ccc(NC(=O)c2sc3ccccc3c2Cl)cc1S(=O)(=O)N1CCCCC1. The zero-order valence-corrected chi connectivity index (χ0v) is 18.7. The molecule has 6 nitrogen and oxygen atoms in total. The van der Waals surface area contributed by atoms with Crippen molar-refractivity contribution in [3.8, 4) is 5.75 Å². The third-order valence-electron chi connectivity index (χ3n) is 5.10. The second-order valence-corrected chi connectivity index (χ2v) is 10.4. The van der Waals surface area contributed by atoms with Gasteiger partial charge in [-0.1, -0.05) is 36.2 Å². The molecule has 1 amide bonds. The van der Waals surface area contributed by atoms with Gasteiger partial charge in [0.25, 0.3) is 5.91 Å². The quantitative estimate of drug-likeness (QED) is 0.577. The van der Waals surface area contributed by atoms with Crippen LogP contribution in [0.1, 0.15) is 28.9 Å². The normalized spacial score (nSPS) is 15.3. The van der Waals surface area contributed by atoms with Crippen LogP contribution in [0.4, 0.5) is 5.69 Å². The first-order chi connectivity index (χ1) is 14.4. The first-order valence-corrected chi connectivity index (χ1v) is 12.2. The molecule has 4 rings (SSSR count). The highest BCUT2D eigenvalue weighted by Gasteiger charge is 2.29. The number of rotatable bonds is 5. The Morgan fingerprint density at radius 1 is 1.13 bits per heavy atom. The smallest absolute Gasteiger partial charge is 0.267 e. The number of fused-ring (bicyclic) bond motifs is 1. The van der Waals surface area contributed by atoms with Gasteiger partial charge in [0.2, 0.25) is 10.0 Å². The van der Waals surface area contributed by atoms with Crippen molar-refractivity contribution < 1.29 is 17.9 Å². The third kappa shape index (κ3) is 3.92. The lowest BCUT2D eigenvalue weighted by Crippen LogP contribution is -2.35. The first-order valence-electron chi connectivity index (χ1n) is 9.58. The molecule has 0 spiro atoms. The Labute approximate surface area is 184 Å². The zero-order chi connectivity index (χ0) is 21.3. The molecule has 158 valence electrons.